The number of rotatable bonds is 6. The van der Waals surface area contributed by atoms with Gasteiger partial charge in [0, 0.05) is 18.1 Å². The van der Waals surface area contributed by atoms with Crippen molar-refractivity contribution in [3.63, 3.8) is 0 Å². The second-order valence-corrected chi connectivity index (χ2v) is 9.93. The highest BCUT2D eigenvalue weighted by Crippen LogP contribution is 2.44. The van der Waals surface area contributed by atoms with Gasteiger partial charge >= 0.3 is 12.1 Å². The number of carboxylic acids is 1. The van der Waals surface area contributed by atoms with E-state index in [4.69, 9.17) is 0 Å². The zero-order valence-corrected chi connectivity index (χ0v) is 17.9. The van der Waals surface area contributed by atoms with Gasteiger partial charge in [0.05, 0.1) is 21.8 Å². The Hall–Kier alpha value is -3.07. The average molecular weight is 463 g/mol. The number of alkyl halides is 3. The molecule has 32 heavy (non-hydrogen) atoms. The Bertz CT molecular complexity index is 1290. The molecule has 0 unspecified atom stereocenters. The van der Waals surface area contributed by atoms with Crippen LogP contribution >= 0.6 is 0 Å². The van der Waals surface area contributed by atoms with Crippen molar-refractivity contribution >= 4 is 15.8 Å². The summed E-state index contributed by atoms with van der Waals surface area (Å²) in [6.45, 7) is 1.33. The molecule has 0 bridgehead atoms. The average Bonchev–Trinajstić information content (AvgIpc) is 3.41. The highest BCUT2D eigenvalue weighted by molar-refractivity contribution is 7.90. The minimum Gasteiger partial charge on any atom is -0.478 e. The van der Waals surface area contributed by atoms with Crippen molar-refractivity contribution in [2.24, 2.45) is 0 Å². The molecule has 9 heteroatoms. The van der Waals surface area contributed by atoms with Crippen molar-refractivity contribution in [2.75, 3.05) is 0 Å². The van der Waals surface area contributed by atoms with Crippen LogP contribution in [0.15, 0.2) is 59.8 Å². The molecule has 1 fully saturated rings. The quantitative estimate of drug-likeness (QED) is 0.534. The predicted molar refractivity (Wildman–Crippen MR) is 112 cm³/mol. The smallest absolute Gasteiger partial charge is 0.416 e. The molecule has 0 spiro atoms. The predicted octanol–water partition coefficient (Wildman–Crippen LogP) is 5.35. The van der Waals surface area contributed by atoms with E-state index in [9.17, 15) is 31.5 Å². The van der Waals surface area contributed by atoms with Crippen LogP contribution in [0.25, 0.3) is 5.69 Å². The molecule has 0 amide bonds. The van der Waals surface area contributed by atoms with E-state index < -0.39 is 33.3 Å². The molecule has 1 heterocycles. The lowest BCUT2D eigenvalue weighted by atomic mass is 10.0. The number of aromatic carboxylic acids is 1. The normalized spacial score (nSPS) is 14.5. The Balaban J connectivity index is 1.86. The van der Waals surface area contributed by atoms with Crippen molar-refractivity contribution in [2.45, 2.75) is 42.5 Å². The molecule has 3 aromatic rings. The molecule has 1 aromatic heterocycles. The molecule has 0 radical (unpaired) electrons. The van der Waals surface area contributed by atoms with E-state index in [1.165, 1.54) is 25.1 Å². The fourth-order valence-electron chi connectivity index (χ4n) is 3.84. The van der Waals surface area contributed by atoms with Gasteiger partial charge in [-0.1, -0.05) is 6.07 Å². The van der Waals surface area contributed by atoms with E-state index in [0.717, 1.165) is 25.0 Å². The van der Waals surface area contributed by atoms with Crippen LogP contribution in [0.5, 0.6) is 0 Å². The Morgan fingerprint density at radius 2 is 1.78 bits per heavy atom. The van der Waals surface area contributed by atoms with Gasteiger partial charge in [-0.3, -0.25) is 0 Å². The van der Waals surface area contributed by atoms with Crippen LogP contribution < -0.4 is 0 Å². The van der Waals surface area contributed by atoms with Crippen LogP contribution in [0.4, 0.5) is 13.2 Å². The van der Waals surface area contributed by atoms with E-state index in [0.29, 0.717) is 11.3 Å². The lowest BCUT2D eigenvalue weighted by Crippen LogP contribution is -2.14. The molecule has 1 N–H and O–H groups in total. The summed E-state index contributed by atoms with van der Waals surface area (Å²) in [4.78, 5) is 11.3. The van der Waals surface area contributed by atoms with Gasteiger partial charge in [0.15, 0.2) is 9.84 Å². The van der Waals surface area contributed by atoms with Gasteiger partial charge in [-0.25, -0.2) is 13.2 Å². The molecule has 1 aliphatic rings. The first kappa shape index (κ1) is 22.1. The molecule has 168 valence electrons. The molecule has 1 aliphatic carbocycles. The first-order chi connectivity index (χ1) is 15.0. The van der Waals surface area contributed by atoms with Crippen molar-refractivity contribution in [3.05, 3.63) is 82.7 Å². The molecular formula is C23H20F3NO4S. The van der Waals surface area contributed by atoms with Gasteiger partial charge in [-0.2, -0.15) is 13.2 Å². The second kappa shape index (κ2) is 7.81. The highest BCUT2D eigenvalue weighted by atomic mass is 32.2. The lowest BCUT2D eigenvalue weighted by Gasteiger charge is -2.18. The summed E-state index contributed by atoms with van der Waals surface area (Å²) >= 11 is 0. The molecule has 4 rings (SSSR count). The number of hydrogen-bond acceptors (Lipinski definition) is 3. The molecule has 2 aromatic carbocycles. The molecule has 1 saturated carbocycles. The summed E-state index contributed by atoms with van der Waals surface area (Å²) in [6.07, 6.45) is 0.177. The van der Waals surface area contributed by atoms with E-state index in [-0.39, 0.29) is 27.5 Å². The van der Waals surface area contributed by atoms with Crippen molar-refractivity contribution in [3.8, 4) is 5.69 Å². The van der Waals surface area contributed by atoms with E-state index >= 15 is 0 Å². The van der Waals surface area contributed by atoms with E-state index in [2.05, 4.69) is 0 Å². The van der Waals surface area contributed by atoms with Gasteiger partial charge in [-0.05, 0) is 78.8 Å². The zero-order chi connectivity index (χ0) is 23.3. The third kappa shape index (κ3) is 4.29. The number of aromatic nitrogens is 1. The van der Waals surface area contributed by atoms with Gasteiger partial charge in [0.1, 0.15) is 0 Å². The van der Waals surface area contributed by atoms with Crippen LogP contribution in [0.2, 0.25) is 0 Å². The molecule has 5 nitrogen and oxygen atoms in total. The zero-order valence-electron chi connectivity index (χ0n) is 17.1. The third-order valence-corrected chi connectivity index (χ3v) is 7.29. The number of sulfone groups is 1. The summed E-state index contributed by atoms with van der Waals surface area (Å²) in [7, 11) is -4.14. The maximum Gasteiger partial charge on any atom is 0.416 e. The van der Waals surface area contributed by atoms with E-state index in [1.54, 1.807) is 29.1 Å². The summed E-state index contributed by atoms with van der Waals surface area (Å²) in [5.41, 5.74) is -0.276. The Kier molecular flexibility index (Phi) is 5.40. The monoisotopic (exact) mass is 463 g/mol. The van der Waals surface area contributed by atoms with Crippen molar-refractivity contribution < 1.29 is 31.5 Å². The topological polar surface area (TPSA) is 76.4 Å². The van der Waals surface area contributed by atoms with Crippen LogP contribution in [0, 0.1) is 6.92 Å². The summed E-state index contributed by atoms with van der Waals surface area (Å²) < 4.78 is 69.1. The van der Waals surface area contributed by atoms with Gasteiger partial charge in [-0.15, -0.1) is 0 Å². The Labute approximate surface area is 183 Å². The van der Waals surface area contributed by atoms with Gasteiger partial charge in [0.2, 0.25) is 0 Å². The number of aryl methyl sites for hydroxylation is 1. The molecular weight excluding hydrogens is 443 g/mol. The fraction of sp³-hybridized carbons (Fsp3) is 0.261. The SMILES string of the molecule is Cc1cc(-n2cccc2)c(CS(=O)(=O)c2cc(C(=O)O)ccc2C2CC2)cc1C(F)(F)F. The molecule has 0 atom stereocenters. The summed E-state index contributed by atoms with van der Waals surface area (Å²) in [6, 6.07) is 9.54. The highest BCUT2D eigenvalue weighted by Gasteiger charge is 2.35. The first-order valence-electron chi connectivity index (χ1n) is 9.91. The van der Waals surface area contributed by atoms with Crippen LogP contribution in [0.3, 0.4) is 0 Å². The number of nitrogens with zero attached hydrogens (tertiary/aromatic N) is 1. The van der Waals surface area contributed by atoms with Crippen LogP contribution in [-0.4, -0.2) is 24.1 Å². The Morgan fingerprint density at radius 3 is 2.34 bits per heavy atom. The summed E-state index contributed by atoms with van der Waals surface area (Å²) in [5.74, 6) is -1.95. The Morgan fingerprint density at radius 1 is 1.12 bits per heavy atom. The van der Waals surface area contributed by atoms with Gasteiger partial charge in [0.25, 0.3) is 0 Å². The van der Waals surface area contributed by atoms with Crippen LogP contribution in [-0.2, 0) is 21.8 Å². The summed E-state index contributed by atoms with van der Waals surface area (Å²) in [5, 5.41) is 9.31. The molecule has 0 aliphatic heterocycles. The number of halogens is 3. The van der Waals surface area contributed by atoms with Crippen LogP contribution in [0.1, 0.15) is 51.4 Å². The fourth-order valence-corrected chi connectivity index (χ4v) is 5.54. The maximum absolute atomic E-state index is 13.6. The molecule has 0 saturated heterocycles. The van der Waals surface area contributed by atoms with Gasteiger partial charge < -0.3 is 9.67 Å². The first-order valence-corrected chi connectivity index (χ1v) is 11.6. The number of carbonyl (C=O) groups is 1. The lowest BCUT2D eigenvalue weighted by molar-refractivity contribution is -0.138. The minimum atomic E-state index is -4.64. The van der Waals surface area contributed by atoms with Crippen molar-refractivity contribution in [1.82, 2.24) is 4.57 Å². The second-order valence-electron chi connectivity index (χ2n) is 7.98. The maximum atomic E-state index is 13.6. The minimum absolute atomic E-state index is 0.00953. The number of carboxylic acid groups (broad SMARTS) is 1. The van der Waals surface area contributed by atoms with E-state index in [1.807, 2.05) is 0 Å². The standard InChI is InChI=1S/C23H20F3NO4S/c1-14-10-20(27-8-2-3-9-27)17(11-19(14)23(24,25)26)13-32(30,31)21-12-16(22(28)29)6-7-18(21)15-4-5-15/h2-3,6-12,15H,4-5,13H2,1H3,(H,28,29). The number of hydrogen-bond donors (Lipinski definition) is 1. The third-order valence-electron chi connectivity index (χ3n) is 5.57. The largest absolute Gasteiger partial charge is 0.478 e. The number of benzene rings is 2. The van der Waals surface area contributed by atoms with Crippen molar-refractivity contribution in [1.29, 1.82) is 0 Å².